The predicted octanol–water partition coefficient (Wildman–Crippen LogP) is -1.43. The Morgan fingerprint density at radius 3 is 2.13 bits per heavy atom. The molecule has 0 heterocycles. The van der Waals surface area contributed by atoms with Gasteiger partial charge in [-0.2, -0.15) is 0 Å². The Kier molecular flexibility index (Phi) is 12.2. The first-order chi connectivity index (χ1) is 10.6. The molecule has 0 rings (SSSR count). The van der Waals surface area contributed by atoms with Crippen LogP contribution >= 0.6 is 0 Å². The lowest BCUT2D eigenvalue weighted by molar-refractivity contribution is -0.142. The number of aliphatic hydroxyl groups excluding tert-OH is 2. The fraction of sp³-hybridized carbons (Fsp3) is 0.429. The Labute approximate surface area is 133 Å². The van der Waals surface area contributed by atoms with Crippen LogP contribution in [0.25, 0.3) is 0 Å². The molecule has 0 aliphatic heterocycles. The highest BCUT2D eigenvalue weighted by Gasteiger charge is 2.10. The van der Waals surface area contributed by atoms with Crippen LogP contribution in [0.15, 0.2) is 23.8 Å². The van der Waals surface area contributed by atoms with Gasteiger partial charge >= 0.3 is 11.9 Å². The highest BCUT2D eigenvalue weighted by molar-refractivity contribution is 6.42. The van der Waals surface area contributed by atoms with Gasteiger partial charge in [-0.25, -0.2) is 9.59 Å². The minimum atomic E-state index is -1.23. The van der Waals surface area contributed by atoms with E-state index in [1.54, 1.807) is 0 Å². The first-order valence-electron chi connectivity index (χ1n) is 6.37. The molecule has 0 bridgehead atoms. The molecule has 0 fully saturated rings. The molecule has 0 radical (unpaired) electrons. The summed E-state index contributed by atoms with van der Waals surface area (Å²) in [5.74, 6) is -3.46. The van der Waals surface area contributed by atoms with Crippen molar-refractivity contribution in [1.82, 2.24) is 0 Å². The number of rotatable bonds is 8. The van der Waals surface area contributed by atoms with Gasteiger partial charge in [0.05, 0.1) is 13.2 Å². The first-order valence-corrected chi connectivity index (χ1v) is 6.37. The van der Waals surface area contributed by atoms with Gasteiger partial charge in [0.1, 0.15) is 12.7 Å². The number of aliphatic hydroxyl groups is 2. The maximum absolute atomic E-state index is 10.7. The van der Waals surface area contributed by atoms with Crippen molar-refractivity contribution in [3.05, 3.63) is 23.8 Å². The van der Waals surface area contributed by atoms with Crippen LogP contribution in [0, 0.1) is 0 Å². The van der Waals surface area contributed by atoms with Crippen LogP contribution in [0.4, 0.5) is 0 Å². The summed E-state index contributed by atoms with van der Waals surface area (Å²) in [6.45, 7) is 5.07. The van der Waals surface area contributed by atoms with Gasteiger partial charge in [-0.05, 0) is 19.9 Å². The third-order valence-corrected chi connectivity index (χ3v) is 2.11. The molecule has 0 aromatic carbocycles. The van der Waals surface area contributed by atoms with Crippen molar-refractivity contribution >= 4 is 23.5 Å². The second kappa shape index (κ2) is 12.2. The number of Topliss-reactive ketones (excluding diaryl/α,β-unsaturated/α-hetero) is 1. The minimum Gasteiger partial charge on any atom is -0.478 e. The van der Waals surface area contributed by atoms with E-state index in [0.717, 1.165) is 6.08 Å². The van der Waals surface area contributed by atoms with Gasteiger partial charge < -0.3 is 25.8 Å². The Balaban J connectivity index is 0. The Morgan fingerprint density at radius 1 is 1.26 bits per heavy atom. The number of nitrogens with two attached hydrogens (primary N) is 1. The fourth-order valence-electron chi connectivity index (χ4n) is 0.787. The molecule has 1 atom stereocenters. The van der Waals surface area contributed by atoms with Crippen molar-refractivity contribution < 1.29 is 39.2 Å². The molecule has 1 unspecified atom stereocenters. The summed E-state index contributed by atoms with van der Waals surface area (Å²) >= 11 is 0. The molecule has 0 aliphatic carbocycles. The summed E-state index contributed by atoms with van der Waals surface area (Å²) in [6.07, 6.45) is -0.240. The molecule has 0 aromatic rings. The van der Waals surface area contributed by atoms with E-state index in [9.17, 15) is 19.2 Å². The number of ether oxygens (including phenoxy) is 1. The zero-order valence-corrected chi connectivity index (χ0v) is 12.9. The van der Waals surface area contributed by atoms with Crippen molar-refractivity contribution in [2.45, 2.75) is 20.0 Å². The van der Waals surface area contributed by atoms with Crippen LogP contribution < -0.4 is 5.73 Å². The molecule has 23 heavy (non-hydrogen) atoms. The van der Waals surface area contributed by atoms with E-state index in [4.69, 9.17) is 21.1 Å². The van der Waals surface area contributed by atoms with Gasteiger partial charge in [0.15, 0.2) is 0 Å². The SMILES string of the molecule is C=C(C)C(=O)OCC(O)CO.CC(=CC(=O)C(=O)CN)C(=O)O. The van der Waals surface area contributed by atoms with E-state index >= 15 is 0 Å². The van der Waals surface area contributed by atoms with E-state index in [1.807, 2.05) is 0 Å². The zero-order chi connectivity index (χ0) is 18.6. The number of aliphatic carboxylic acids is 1. The van der Waals surface area contributed by atoms with Crippen LogP contribution in [0.2, 0.25) is 0 Å². The van der Waals surface area contributed by atoms with Gasteiger partial charge in [0, 0.05) is 11.1 Å². The maximum atomic E-state index is 10.7. The summed E-state index contributed by atoms with van der Waals surface area (Å²) in [4.78, 5) is 42.1. The standard InChI is InChI=1S/C7H9NO4.C7H12O4/c1-4(7(11)12)2-5(9)6(10)3-8;1-5(2)7(10)11-4-6(9)3-8/h2H,3,8H2,1H3,(H,11,12);6,8-9H,1,3-4H2,2H3. The van der Waals surface area contributed by atoms with Gasteiger partial charge in [-0.3, -0.25) is 9.59 Å². The monoisotopic (exact) mass is 331 g/mol. The lowest BCUT2D eigenvalue weighted by atomic mass is 10.2. The highest BCUT2D eigenvalue weighted by atomic mass is 16.5. The van der Waals surface area contributed by atoms with Crippen molar-refractivity contribution in [3.8, 4) is 0 Å². The topological polar surface area (TPSA) is 164 Å². The highest BCUT2D eigenvalue weighted by Crippen LogP contribution is 1.93. The summed E-state index contributed by atoms with van der Waals surface area (Å²) in [6, 6.07) is 0. The second-order valence-electron chi connectivity index (χ2n) is 4.34. The number of carbonyl (C=O) groups is 4. The number of hydrogen-bond donors (Lipinski definition) is 4. The average molecular weight is 331 g/mol. The predicted molar refractivity (Wildman–Crippen MR) is 79.3 cm³/mol. The quantitative estimate of drug-likeness (QED) is 0.237. The van der Waals surface area contributed by atoms with E-state index in [2.05, 4.69) is 11.3 Å². The lowest BCUT2D eigenvalue weighted by Crippen LogP contribution is -2.22. The third kappa shape index (κ3) is 11.9. The van der Waals surface area contributed by atoms with Crippen LogP contribution in [0.1, 0.15) is 13.8 Å². The number of esters is 1. The van der Waals surface area contributed by atoms with E-state index in [1.165, 1.54) is 13.8 Å². The van der Waals surface area contributed by atoms with Crippen molar-refractivity contribution in [2.75, 3.05) is 19.8 Å². The van der Waals surface area contributed by atoms with Crippen LogP contribution in [-0.4, -0.2) is 64.7 Å². The van der Waals surface area contributed by atoms with Crippen molar-refractivity contribution in [2.24, 2.45) is 5.73 Å². The van der Waals surface area contributed by atoms with Gasteiger partial charge in [0.2, 0.25) is 11.6 Å². The zero-order valence-electron chi connectivity index (χ0n) is 12.9. The Hall–Kier alpha value is -2.36. The largest absolute Gasteiger partial charge is 0.478 e. The molecule has 9 nitrogen and oxygen atoms in total. The van der Waals surface area contributed by atoms with Gasteiger partial charge in [-0.1, -0.05) is 6.58 Å². The van der Waals surface area contributed by atoms with Crippen LogP contribution in [-0.2, 0) is 23.9 Å². The first kappa shape index (κ1) is 22.9. The van der Waals surface area contributed by atoms with E-state index < -0.39 is 42.8 Å². The lowest BCUT2D eigenvalue weighted by Gasteiger charge is -2.07. The molecule has 0 aliphatic rings. The Morgan fingerprint density at radius 2 is 1.78 bits per heavy atom. The van der Waals surface area contributed by atoms with E-state index in [0.29, 0.717) is 0 Å². The third-order valence-electron chi connectivity index (χ3n) is 2.11. The number of ketones is 2. The van der Waals surface area contributed by atoms with Crippen molar-refractivity contribution in [1.29, 1.82) is 0 Å². The molecule has 0 saturated heterocycles. The fourth-order valence-corrected chi connectivity index (χ4v) is 0.787. The molecule has 9 heteroatoms. The van der Waals surface area contributed by atoms with Crippen LogP contribution in [0.5, 0.6) is 0 Å². The summed E-state index contributed by atoms with van der Waals surface area (Å²) in [5, 5.41) is 25.4. The smallest absolute Gasteiger partial charge is 0.333 e. The van der Waals surface area contributed by atoms with Gasteiger partial charge in [-0.15, -0.1) is 0 Å². The molecule has 0 spiro atoms. The molecule has 5 N–H and O–H groups in total. The van der Waals surface area contributed by atoms with Crippen LogP contribution in [0.3, 0.4) is 0 Å². The Bertz CT molecular complexity index is 495. The second-order valence-corrected chi connectivity index (χ2v) is 4.34. The number of carboxylic acid groups (broad SMARTS) is 1. The normalized spacial score (nSPS) is 11.6. The average Bonchev–Trinajstić information content (AvgIpc) is 2.51. The number of allylic oxidation sites excluding steroid dienone is 1. The molecule has 0 saturated carbocycles. The molecular weight excluding hydrogens is 310 g/mol. The summed E-state index contributed by atoms with van der Waals surface area (Å²) in [7, 11) is 0. The summed E-state index contributed by atoms with van der Waals surface area (Å²) < 4.78 is 4.51. The van der Waals surface area contributed by atoms with Crippen molar-refractivity contribution in [3.63, 3.8) is 0 Å². The maximum Gasteiger partial charge on any atom is 0.333 e. The molecule has 130 valence electrons. The number of carbonyl (C=O) groups excluding carboxylic acids is 3. The van der Waals surface area contributed by atoms with E-state index in [-0.39, 0.29) is 17.8 Å². The molecular formula is C14H21NO8. The van der Waals surface area contributed by atoms with Gasteiger partial charge in [0.25, 0.3) is 0 Å². The minimum absolute atomic E-state index is 0.179. The summed E-state index contributed by atoms with van der Waals surface area (Å²) in [5.41, 5.74) is 4.97. The number of carboxylic acids is 1. The molecule has 0 amide bonds. The number of hydrogen-bond acceptors (Lipinski definition) is 8. The molecule has 0 aromatic heterocycles.